The molecule has 1 N–H and O–H groups in total. The minimum absolute atomic E-state index is 0.0945. The molecular weight excluding hydrogens is 378 g/mol. The molecule has 1 aliphatic rings. The highest BCUT2D eigenvalue weighted by atomic mass is 16.2. The summed E-state index contributed by atoms with van der Waals surface area (Å²) in [5.74, 6) is 1.22. The third kappa shape index (κ3) is 4.20. The van der Waals surface area contributed by atoms with E-state index < -0.39 is 0 Å². The van der Waals surface area contributed by atoms with Gasteiger partial charge in [0.25, 0.3) is 5.91 Å². The molecule has 0 radical (unpaired) electrons. The Labute approximate surface area is 176 Å². The van der Waals surface area contributed by atoms with Crippen molar-refractivity contribution in [3.8, 4) is 0 Å². The normalized spacial score (nSPS) is 15.9. The Hall–Kier alpha value is -3.22. The molecule has 1 saturated heterocycles. The van der Waals surface area contributed by atoms with Crippen LogP contribution in [0.5, 0.6) is 0 Å². The van der Waals surface area contributed by atoms with Crippen LogP contribution in [0, 0.1) is 5.92 Å². The lowest BCUT2D eigenvalue weighted by molar-refractivity contribution is -0.133. The van der Waals surface area contributed by atoms with E-state index in [1.165, 1.54) is 6.20 Å². The molecule has 0 saturated carbocycles. The highest BCUT2D eigenvalue weighted by Gasteiger charge is 2.24. The molecule has 2 aromatic heterocycles. The first-order valence-electron chi connectivity index (χ1n) is 10.5. The maximum atomic E-state index is 13.0. The first-order chi connectivity index (χ1) is 14.5. The van der Waals surface area contributed by atoms with Crippen molar-refractivity contribution in [3.05, 3.63) is 60.2 Å². The fourth-order valence-corrected chi connectivity index (χ4v) is 3.93. The highest BCUT2D eigenvalue weighted by molar-refractivity contribution is 5.94. The van der Waals surface area contributed by atoms with Crippen molar-refractivity contribution in [1.29, 1.82) is 0 Å². The summed E-state index contributed by atoms with van der Waals surface area (Å²) in [4.78, 5) is 36.3. The number of amides is 2. The molecule has 3 heterocycles. The summed E-state index contributed by atoms with van der Waals surface area (Å²) in [6.07, 6.45) is 5.25. The number of pyridine rings is 1. The lowest BCUT2D eigenvalue weighted by atomic mass is 9.99. The second-order valence-corrected chi connectivity index (χ2v) is 8.05. The fraction of sp³-hybridized carbons (Fsp3) is 0.391. The molecule has 0 spiro atoms. The molecular formula is C23H27N5O2. The number of piperidine rings is 1. The van der Waals surface area contributed by atoms with Gasteiger partial charge in [-0.25, -0.2) is 4.98 Å². The quantitative estimate of drug-likeness (QED) is 0.707. The van der Waals surface area contributed by atoms with Crippen LogP contribution in [0.15, 0.2) is 48.8 Å². The van der Waals surface area contributed by atoms with Crippen LogP contribution in [0.4, 0.5) is 0 Å². The second kappa shape index (κ2) is 8.65. The van der Waals surface area contributed by atoms with Crippen molar-refractivity contribution in [1.82, 2.24) is 24.8 Å². The van der Waals surface area contributed by atoms with Crippen molar-refractivity contribution in [2.45, 2.75) is 39.3 Å². The predicted molar refractivity (Wildman–Crippen MR) is 115 cm³/mol. The number of nitrogens with zero attached hydrogens (tertiary/aromatic N) is 4. The van der Waals surface area contributed by atoms with Crippen LogP contribution in [0.2, 0.25) is 0 Å². The fourth-order valence-electron chi connectivity index (χ4n) is 3.93. The van der Waals surface area contributed by atoms with Gasteiger partial charge in [-0.05, 0) is 49.9 Å². The summed E-state index contributed by atoms with van der Waals surface area (Å²) >= 11 is 0. The standard InChI is InChI=1S/C23H27N5O2/c1-16-9-12-27(13-10-16)21(29)15-28-20-8-4-3-7-19(20)26-22(28)17(2)25-23(30)18-6-5-11-24-14-18/h3-8,11,14,16-17H,9-10,12-13,15H2,1-2H3,(H,25,30). The monoisotopic (exact) mass is 405 g/mol. The maximum absolute atomic E-state index is 13.0. The van der Waals surface area contributed by atoms with Crippen LogP contribution in [0.3, 0.4) is 0 Å². The van der Waals surface area contributed by atoms with Gasteiger partial charge >= 0.3 is 0 Å². The molecule has 1 aliphatic heterocycles. The molecule has 1 fully saturated rings. The number of para-hydroxylation sites is 2. The summed E-state index contributed by atoms with van der Waals surface area (Å²) in [5.41, 5.74) is 2.20. The molecule has 4 rings (SSSR count). The number of hydrogen-bond donors (Lipinski definition) is 1. The second-order valence-electron chi connectivity index (χ2n) is 8.05. The van der Waals surface area contributed by atoms with Gasteiger partial charge in [0.15, 0.2) is 0 Å². The largest absolute Gasteiger partial charge is 0.342 e. The summed E-state index contributed by atoms with van der Waals surface area (Å²) in [5, 5.41) is 2.99. The molecule has 0 bridgehead atoms. The molecule has 1 unspecified atom stereocenters. The molecule has 1 aromatic carbocycles. The Bertz CT molecular complexity index is 1040. The Morgan fingerprint density at radius 2 is 1.93 bits per heavy atom. The molecule has 2 amide bonds. The van der Waals surface area contributed by atoms with Crippen LogP contribution >= 0.6 is 0 Å². The van der Waals surface area contributed by atoms with Crippen molar-refractivity contribution >= 4 is 22.8 Å². The number of hydrogen-bond acceptors (Lipinski definition) is 4. The van der Waals surface area contributed by atoms with E-state index in [0.29, 0.717) is 17.3 Å². The topological polar surface area (TPSA) is 80.1 Å². The number of benzene rings is 1. The number of likely N-dealkylation sites (tertiary alicyclic amines) is 1. The molecule has 7 heteroatoms. The number of imidazole rings is 1. The van der Waals surface area contributed by atoms with Crippen LogP contribution in [-0.4, -0.2) is 44.3 Å². The van der Waals surface area contributed by atoms with E-state index in [2.05, 4.69) is 17.2 Å². The van der Waals surface area contributed by atoms with Crippen molar-refractivity contribution in [2.75, 3.05) is 13.1 Å². The number of carbonyl (C=O) groups is 2. The molecule has 156 valence electrons. The number of nitrogens with one attached hydrogen (secondary N) is 1. The van der Waals surface area contributed by atoms with Gasteiger partial charge in [-0.15, -0.1) is 0 Å². The Morgan fingerprint density at radius 1 is 1.17 bits per heavy atom. The molecule has 1 atom stereocenters. The van der Waals surface area contributed by atoms with Gasteiger partial charge in [0, 0.05) is 25.5 Å². The minimum Gasteiger partial charge on any atom is -0.342 e. The molecule has 7 nitrogen and oxygen atoms in total. The van der Waals surface area contributed by atoms with Crippen molar-refractivity contribution in [3.63, 3.8) is 0 Å². The zero-order valence-electron chi connectivity index (χ0n) is 17.4. The summed E-state index contributed by atoms with van der Waals surface area (Å²) in [6, 6.07) is 10.8. The SMILES string of the molecule is CC1CCN(C(=O)Cn2c(C(C)NC(=O)c3cccnc3)nc3ccccc32)CC1. The van der Waals surface area contributed by atoms with E-state index in [0.717, 1.165) is 37.0 Å². The van der Waals surface area contributed by atoms with Crippen molar-refractivity contribution < 1.29 is 9.59 Å². The average Bonchev–Trinajstić information content (AvgIpc) is 3.13. The Morgan fingerprint density at radius 3 is 2.67 bits per heavy atom. The molecule has 0 aliphatic carbocycles. The van der Waals surface area contributed by atoms with Gasteiger partial charge in [0.2, 0.25) is 5.91 Å². The van der Waals surface area contributed by atoms with E-state index in [4.69, 9.17) is 4.98 Å². The highest BCUT2D eigenvalue weighted by Crippen LogP contribution is 2.22. The summed E-state index contributed by atoms with van der Waals surface area (Å²) in [6.45, 7) is 5.94. The van der Waals surface area contributed by atoms with E-state index >= 15 is 0 Å². The third-order valence-corrected chi connectivity index (χ3v) is 5.77. The predicted octanol–water partition coefficient (Wildman–Crippen LogP) is 3.18. The molecule has 30 heavy (non-hydrogen) atoms. The smallest absolute Gasteiger partial charge is 0.253 e. The lowest BCUT2D eigenvalue weighted by Crippen LogP contribution is -2.40. The van der Waals surface area contributed by atoms with Crippen molar-refractivity contribution in [2.24, 2.45) is 5.92 Å². The number of carbonyl (C=O) groups excluding carboxylic acids is 2. The van der Waals surface area contributed by atoms with E-state index in [-0.39, 0.29) is 24.4 Å². The van der Waals surface area contributed by atoms with E-state index in [1.807, 2.05) is 40.7 Å². The van der Waals surface area contributed by atoms with Gasteiger partial charge < -0.3 is 14.8 Å². The van der Waals surface area contributed by atoms with E-state index in [1.54, 1.807) is 18.3 Å². The Balaban J connectivity index is 1.58. The van der Waals surface area contributed by atoms with Crippen LogP contribution in [0.1, 0.15) is 48.9 Å². The van der Waals surface area contributed by atoms with Gasteiger partial charge in [-0.1, -0.05) is 19.1 Å². The van der Waals surface area contributed by atoms with Crippen LogP contribution < -0.4 is 5.32 Å². The minimum atomic E-state index is -0.362. The zero-order valence-corrected chi connectivity index (χ0v) is 17.4. The summed E-state index contributed by atoms with van der Waals surface area (Å²) < 4.78 is 1.93. The summed E-state index contributed by atoms with van der Waals surface area (Å²) in [7, 11) is 0. The first kappa shape index (κ1) is 20.1. The lowest BCUT2D eigenvalue weighted by Gasteiger charge is -2.30. The van der Waals surface area contributed by atoms with Crippen LogP contribution in [0.25, 0.3) is 11.0 Å². The number of aromatic nitrogens is 3. The first-order valence-corrected chi connectivity index (χ1v) is 10.5. The number of fused-ring (bicyclic) bond motifs is 1. The van der Waals surface area contributed by atoms with Crippen LogP contribution in [-0.2, 0) is 11.3 Å². The maximum Gasteiger partial charge on any atom is 0.253 e. The van der Waals surface area contributed by atoms with Gasteiger partial charge in [0.1, 0.15) is 12.4 Å². The van der Waals surface area contributed by atoms with Gasteiger partial charge in [-0.3, -0.25) is 14.6 Å². The van der Waals surface area contributed by atoms with Gasteiger partial charge in [-0.2, -0.15) is 0 Å². The number of rotatable bonds is 5. The Kier molecular flexibility index (Phi) is 5.79. The van der Waals surface area contributed by atoms with E-state index in [9.17, 15) is 9.59 Å². The zero-order chi connectivity index (χ0) is 21.1. The average molecular weight is 406 g/mol. The van der Waals surface area contributed by atoms with Gasteiger partial charge in [0.05, 0.1) is 22.6 Å². The third-order valence-electron chi connectivity index (χ3n) is 5.77. The molecule has 3 aromatic rings.